The van der Waals surface area contributed by atoms with Crippen LogP contribution in [-0.2, 0) is 0 Å². The summed E-state index contributed by atoms with van der Waals surface area (Å²) >= 11 is 5.51. The summed E-state index contributed by atoms with van der Waals surface area (Å²) in [5.41, 5.74) is 0.0355. The average Bonchev–Trinajstić information content (AvgIpc) is 2.17. The Balaban J connectivity index is 2.82. The Morgan fingerprint density at radius 2 is 2.33 bits per heavy atom. The molecule has 0 radical (unpaired) electrons. The van der Waals surface area contributed by atoms with Crippen LogP contribution >= 0.6 is 11.6 Å². The number of nitrogens with one attached hydrogen (secondary N) is 1. The Hall–Kier alpha value is -1.29. The number of phenolic OH excluding ortho intramolecular Hbond substituents is 1. The highest BCUT2D eigenvalue weighted by Gasteiger charge is 2.13. The zero-order chi connectivity index (χ0) is 11.4. The third kappa shape index (κ3) is 3.09. The first-order valence-electron chi connectivity index (χ1n) is 4.40. The van der Waals surface area contributed by atoms with Crippen molar-refractivity contribution in [3.05, 3.63) is 29.6 Å². The van der Waals surface area contributed by atoms with E-state index in [0.717, 1.165) is 12.1 Å². The van der Waals surface area contributed by atoms with Crippen LogP contribution in [0.2, 0.25) is 0 Å². The van der Waals surface area contributed by atoms with Gasteiger partial charge in [0.1, 0.15) is 11.6 Å². The third-order valence-electron chi connectivity index (χ3n) is 1.81. The van der Waals surface area contributed by atoms with E-state index in [0.29, 0.717) is 0 Å². The van der Waals surface area contributed by atoms with E-state index in [1.54, 1.807) is 6.92 Å². The minimum atomic E-state index is -0.588. The molecule has 1 unspecified atom stereocenters. The molecule has 0 saturated heterocycles. The smallest absolute Gasteiger partial charge is 0.255 e. The van der Waals surface area contributed by atoms with Gasteiger partial charge in [0, 0.05) is 18.0 Å². The normalized spacial score (nSPS) is 12.2. The van der Waals surface area contributed by atoms with Gasteiger partial charge >= 0.3 is 0 Å². The van der Waals surface area contributed by atoms with E-state index >= 15 is 0 Å². The van der Waals surface area contributed by atoms with Crippen molar-refractivity contribution in [2.75, 3.05) is 5.88 Å². The fourth-order valence-corrected chi connectivity index (χ4v) is 1.11. The molecule has 5 heteroatoms. The number of amides is 1. The fraction of sp³-hybridized carbons (Fsp3) is 0.300. The second-order valence-electron chi connectivity index (χ2n) is 3.19. The second kappa shape index (κ2) is 4.98. The van der Waals surface area contributed by atoms with Crippen molar-refractivity contribution >= 4 is 17.5 Å². The zero-order valence-corrected chi connectivity index (χ0v) is 8.88. The Kier molecular flexibility index (Phi) is 3.91. The maximum absolute atomic E-state index is 12.6. The summed E-state index contributed by atoms with van der Waals surface area (Å²) in [7, 11) is 0. The lowest BCUT2D eigenvalue weighted by Crippen LogP contribution is -2.33. The first kappa shape index (κ1) is 11.8. The summed E-state index contributed by atoms with van der Waals surface area (Å²) in [6.07, 6.45) is 0. The van der Waals surface area contributed by atoms with Crippen LogP contribution in [0.4, 0.5) is 4.39 Å². The van der Waals surface area contributed by atoms with E-state index in [9.17, 15) is 14.3 Å². The molecule has 3 nitrogen and oxygen atoms in total. The molecule has 0 heterocycles. The van der Waals surface area contributed by atoms with Crippen LogP contribution in [0, 0.1) is 5.82 Å². The molecule has 15 heavy (non-hydrogen) atoms. The van der Waals surface area contributed by atoms with Crippen LogP contribution < -0.4 is 5.32 Å². The quantitative estimate of drug-likeness (QED) is 0.781. The van der Waals surface area contributed by atoms with Gasteiger partial charge in [-0.2, -0.15) is 0 Å². The van der Waals surface area contributed by atoms with Gasteiger partial charge in [0.15, 0.2) is 0 Å². The SMILES string of the molecule is CC(CCl)NC(=O)c1ccc(F)cc1O. The molecule has 0 aliphatic carbocycles. The summed E-state index contributed by atoms with van der Waals surface area (Å²) in [5, 5.41) is 11.9. The summed E-state index contributed by atoms with van der Waals surface area (Å²) < 4.78 is 12.6. The molecular formula is C10H11ClFNO2. The van der Waals surface area contributed by atoms with Gasteiger partial charge in [-0.3, -0.25) is 4.79 Å². The molecule has 1 aromatic carbocycles. The van der Waals surface area contributed by atoms with Gasteiger partial charge < -0.3 is 10.4 Å². The van der Waals surface area contributed by atoms with Crippen molar-refractivity contribution < 1.29 is 14.3 Å². The van der Waals surface area contributed by atoms with Crippen LogP contribution in [-0.4, -0.2) is 22.9 Å². The lowest BCUT2D eigenvalue weighted by molar-refractivity contribution is 0.0941. The summed E-state index contributed by atoms with van der Waals surface area (Å²) in [4.78, 5) is 11.5. The van der Waals surface area contributed by atoms with Crippen molar-refractivity contribution in [3.63, 3.8) is 0 Å². The third-order valence-corrected chi connectivity index (χ3v) is 2.28. The van der Waals surface area contributed by atoms with Crippen LogP contribution in [0.1, 0.15) is 17.3 Å². The standard InChI is InChI=1S/C10H11ClFNO2/c1-6(5-11)13-10(15)8-3-2-7(12)4-9(8)14/h2-4,6,14H,5H2,1H3,(H,13,15). The van der Waals surface area contributed by atoms with E-state index in [-0.39, 0.29) is 23.2 Å². The highest BCUT2D eigenvalue weighted by molar-refractivity contribution is 6.18. The number of carbonyl (C=O) groups excluding carboxylic acids is 1. The van der Waals surface area contributed by atoms with E-state index in [2.05, 4.69) is 5.32 Å². The molecule has 1 aromatic rings. The largest absolute Gasteiger partial charge is 0.507 e. The molecule has 1 rings (SSSR count). The first-order chi connectivity index (χ1) is 7.04. The average molecular weight is 232 g/mol. The molecule has 0 aliphatic rings. The van der Waals surface area contributed by atoms with Crippen LogP contribution in [0.3, 0.4) is 0 Å². The summed E-state index contributed by atoms with van der Waals surface area (Å²) in [5.74, 6) is -1.17. The van der Waals surface area contributed by atoms with Gasteiger partial charge in [0.05, 0.1) is 5.56 Å². The molecule has 1 amide bonds. The number of aromatic hydroxyl groups is 1. The molecule has 0 bridgehead atoms. The zero-order valence-electron chi connectivity index (χ0n) is 8.13. The first-order valence-corrected chi connectivity index (χ1v) is 4.93. The minimum absolute atomic E-state index is 0.0355. The Morgan fingerprint density at radius 3 is 2.87 bits per heavy atom. The van der Waals surface area contributed by atoms with Gasteiger partial charge in [-0.05, 0) is 19.1 Å². The lowest BCUT2D eigenvalue weighted by atomic mass is 10.1. The molecule has 0 fully saturated rings. The van der Waals surface area contributed by atoms with Crippen LogP contribution in [0.25, 0.3) is 0 Å². The monoisotopic (exact) mass is 231 g/mol. The maximum Gasteiger partial charge on any atom is 0.255 e. The molecule has 0 aromatic heterocycles. The molecular weight excluding hydrogens is 221 g/mol. The number of benzene rings is 1. The lowest BCUT2D eigenvalue weighted by Gasteiger charge is -2.11. The number of phenols is 1. The van der Waals surface area contributed by atoms with Crippen molar-refractivity contribution in [1.29, 1.82) is 0 Å². The van der Waals surface area contributed by atoms with Crippen LogP contribution in [0.15, 0.2) is 18.2 Å². The molecule has 82 valence electrons. The number of alkyl halides is 1. The van der Waals surface area contributed by atoms with Gasteiger partial charge in [-0.25, -0.2) is 4.39 Å². The Morgan fingerprint density at radius 1 is 1.67 bits per heavy atom. The minimum Gasteiger partial charge on any atom is -0.507 e. The van der Waals surface area contributed by atoms with Crippen molar-refractivity contribution in [2.45, 2.75) is 13.0 Å². The summed E-state index contributed by atoms with van der Waals surface area (Å²) in [6.45, 7) is 1.73. The van der Waals surface area contributed by atoms with Gasteiger partial charge in [0.2, 0.25) is 0 Å². The number of hydrogen-bond acceptors (Lipinski definition) is 2. The van der Waals surface area contributed by atoms with Crippen molar-refractivity contribution in [2.24, 2.45) is 0 Å². The van der Waals surface area contributed by atoms with Crippen LogP contribution in [0.5, 0.6) is 5.75 Å². The number of halogens is 2. The topological polar surface area (TPSA) is 49.3 Å². The number of rotatable bonds is 3. The highest BCUT2D eigenvalue weighted by atomic mass is 35.5. The van der Waals surface area contributed by atoms with E-state index in [1.165, 1.54) is 6.07 Å². The fourth-order valence-electron chi connectivity index (χ4n) is 1.04. The van der Waals surface area contributed by atoms with E-state index in [4.69, 9.17) is 11.6 Å². The van der Waals surface area contributed by atoms with Gasteiger partial charge in [-0.1, -0.05) is 0 Å². The molecule has 2 N–H and O–H groups in total. The Bertz CT molecular complexity index is 370. The Labute approximate surface area is 91.9 Å². The second-order valence-corrected chi connectivity index (χ2v) is 3.50. The predicted molar refractivity (Wildman–Crippen MR) is 55.7 cm³/mol. The molecule has 0 saturated carbocycles. The van der Waals surface area contributed by atoms with Crippen molar-refractivity contribution in [3.8, 4) is 5.75 Å². The number of hydrogen-bond donors (Lipinski definition) is 2. The van der Waals surface area contributed by atoms with E-state index < -0.39 is 11.7 Å². The maximum atomic E-state index is 12.6. The van der Waals surface area contributed by atoms with E-state index in [1.807, 2.05) is 0 Å². The molecule has 0 aliphatic heterocycles. The molecule has 0 spiro atoms. The van der Waals surface area contributed by atoms with Gasteiger partial charge in [0.25, 0.3) is 5.91 Å². The van der Waals surface area contributed by atoms with Crippen molar-refractivity contribution in [1.82, 2.24) is 5.32 Å². The number of carbonyl (C=O) groups is 1. The predicted octanol–water partition coefficient (Wildman–Crippen LogP) is 1.89. The summed E-state index contributed by atoms with van der Waals surface area (Å²) in [6, 6.07) is 3.02. The van der Waals surface area contributed by atoms with Gasteiger partial charge in [-0.15, -0.1) is 11.6 Å². The highest BCUT2D eigenvalue weighted by Crippen LogP contribution is 2.17. The molecule has 1 atom stereocenters.